The predicted octanol–water partition coefficient (Wildman–Crippen LogP) is 1.92. The summed E-state index contributed by atoms with van der Waals surface area (Å²) in [7, 11) is 1.56. The van der Waals surface area contributed by atoms with E-state index in [4.69, 9.17) is 10.5 Å². The fourth-order valence-corrected chi connectivity index (χ4v) is 2.44. The lowest BCUT2D eigenvalue weighted by Gasteiger charge is -2.17. The SMILES string of the molecule is COc1ncnc(NCC2CCCC2C)c1N. The second kappa shape index (κ2) is 5.21. The van der Waals surface area contributed by atoms with Gasteiger partial charge in [0.05, 0.1) is 7.11 Å². The van der Waals surface area contributed by atoms with Gasteiger partial charge in [-0.1, -0.05) is 19.8 Å². The van der Waals surface area contributed by atoms with E-state index in [9.17, 15) is 0 Å². The largest absolute Gasteiger partial charge is 0.479 e. The molecule has 0 saturated heterocycles. The Morgan fingerprint density at radius 2 is 2.29 bits per heavy atom. The molecule has 0 bridgehead atoms. The summed E-state index contributed by atoms with van der Waals surface area (Å²) in [5.41, 5.74) is 6.39. The topological polar surface area (TPSA) is 73.1 Å². The van der Waals surface area contributed by atoms with Crippen molar-refractivity contribution in [1.29, 1.82) is 0 Å². The Kier molecular flexibility index (Phi) is 3.66. The lowest BCUT2D eigenvalue weighted by Crippen LogP contribution is -2.18. The van der Waals surface area contributed by atoms with E-state index in [1.165, 1.54) is 25.6 Å². The van der Waals surface area contributed by atoms with Crippen LogP contribution in [0.5, 0.6) is 5.88 Å². The molecule has 1 heterocycles. The van der Waals surface area contributed by atoms with Crippen molar-refractivity contribution in [3.63, 3.8) is 0 Å². The first-order chi connectivity index (χ1) is 8.22. The van der Waals surface area contributed by atoms with Crippen LogP contribution in [0.4, 0.5) is 11.5 Å². The molecular weight excluding hydrogens is 216 g/mol. The fourth-order valence-electron chi connectivity index (χ4n) is 2.44. The van der Waals surface area contributed by atoms with Crippen molar-refractivity contribution in [2.45, 2.75) is 26.2 Å². The van der Waals surface area contributed by atoms with Crippen LogP contribution >= 0.6 is 0 Å². The van der Waals surface area contributed by atoms with Crippen LogP contribution < -0.4 is 15.8 Å². The maximum atomic E-state index is 5.90. The number of nitrogens with zero attached hydrogens (tertiary/aromatic N) is 2. The number of aromatic nitrogens is 2. The van der Waals surface area contributed by atoms with Gasteiger partial charge in [0.2, 0.25) is 5.88 Å². The van der Waals surface area contributed by atoms with Gasteiger partial charge in [-0.05, 0) is 18.3 Å². The van der Waals surface area contributed by atoms with Crippen molar-refractivity contribution in [1.82, 2.24) is 9.97 Å². The number of nitrogens with two attached hydrogens (primary N) is 1. The highest BCUT2D eigenvalue weighted by molar-refractivity contribution is 5.66. The smallest absolute Gasteiger partial charge is 0.242 e. The molecule has 94 valence electrons. The third-order valence-corrected chi connectivity index (χ3v) is 3.61. The fraction of sp³-hybridized carbons (Fsp3) is 0.667. The highest BCUT2D eigenvalue weighted by Gasteiger charge is 2.23. The van der Waals surface area contributed by atoms with E-state index in [-0.39, 0.29) is 0 Å². The second-order valence-electron chi connectivity index (χ2n) is 4.69. The summed E-state index contributed by atoms with van der Waals surface area (Å²) in [5, 5.41) is 3.30. The van der Waals surface area contributed by atoms with E-state index < -0.39 is 0 Å². The summed E-state index contributed by atoms with van der Waals surface area (Å²) >= 11 is 0. The first-order valence-electron chi connectivity index (χ1n) is 6.10. The molecule has 1 fully saturated rings. The van der Waals surface area contributed by atoms with Crippen molar-refractivity contribution < 1.29 is 4.74 Å². The molecule has 0 aromatic carbocycles. The summed E-state index contributed by atoms with van der Waals surface area (Å²) < 4.78 is 5.06. The maximum Gasteiger partial charge on any atom is 0.242 e. The number of hydrogen-bond acceptors (Lipinski definition) is 5. The molecule has 2 rings (SSSR count). The van der Waals surface area contributed by atoms with Crippen LogP contribution in [0.3, 0.4) is 0 Å². The molecule has 1 aromatic heterocycles. The van der Waals surface area contributed by atoms with E-state index >= 15 is 0 Å². The standard InChI is InChI=1S/C12H20N4O/c1-8-4-3-5-9(8)6-14-11-10(13)12(17-2)16-7-15-11/h7-9H,3-6,13H2,1-2H3,(H,14,15,16). The summed E-state index contributed by atoms with van der Waals surface area (Å²) in [6, 6.07) is 0. The van der Waals surface area contributed by atoms with Gasteiger partial charge in [-0.2, -0.15) is 4.98 Å². The van der Waals surface area contributed by atoms with Crippen LogP contribution in [0.25, 0.3) is 0 Å². The lowest BCUT2D eigenvalue weighted by atomic mass is 9.98. The van der Waals surface area contributed by atoms with Crippen molar-refractivity contribution in [3.8, 4) is 5.88 Å². The zero-order valence-electron chi connectivity index (χ0n) is 10.4. The van der Waals surface area contributed by atoms with Gasteiger partial charge in [0.25, 0.3) is 0 Å². The van der Waals surface area contributed by atoms with Crippen LogP contribution in [-0.2, 0) is 0 Å². The first kappa shape index (κ1) is 12.0. The normalized spacial score (nSPS) is 23.6. The summed E-state index contributed by atoms with van der Waals surface area (Å²) in [5.74, 6) is 2.61. The molecule has 0 amide bonds. The minimum Gasteiger partial charge on any atom is -0.479 e. The number of methoxy groups -OCH3 is 1. The molecule has 17 heavy (non-hydrogen) atoms. The van der Waals surface area contributed by atoms with Crippen molar-refractivity contribution in [3.05, 3.63) is 6.33 Å². The molecule has 2 unspecified atom stereocenters. The Morgan fingerprint density at radius 1 is 1.47 bits per heavy atom. The summed E-state index contributed by atoms with van der Waals surface area (Å²) in [4.78, 5) is 8.10. The maximum absolute atomic E-state index is 5.90. The molecule has 0 radical (unpaired) electrons. The van der Waals surface area contributed by atoms with Gasteiger partial charge < -0.3 is 15.8 Å². The van der Waals surface area contributed by atoms with Gasteiger partial charge in [0.1, 0.15) is 12.0 Å². The third kappa shape index (κ3) is 2.60. The first-order valence-corrected chi connectivity index (χ1v) is 6.10. The average Bonchev–Trinajstić information content (AvgIpc) is 2.74. The van der Waals surface area contributed by atoms with Gasteiger partial charge >= 0.3 is 0 Å². The van der Waals surface area contributed by atoms with Crippen molar-refractivity contribution in [2.75, 3.05) is 24.7 Å². The van der Waals surface area contributed by atoms with E-state index in [0.717, 1.165) is 18.4 Å². The number of anilines is 2. The van der Waals surface area contributed by atoms with Crippen LogP contribution in [0, 0.1) is 11.8 Å². The third-order valence-electron chi connectivity index (χ3n) is 3.61. The molecule has 1 aliphatic carbocycles. The summed E-state index contributed by atoms with van der Waals surface area (Å²) in [6.07, 6.45) is 5.41. The van der Waals surface area contributed by atoms with Gasteiger partial charge in [0.15, 0.2) is 5.82 Å². The minimum absolute atomic E-state index is 0.432. The average molecular weight is 236 g/mol. The zero-order chi connectivity index (χ0) is 12.3. The number of rotatable bonds is 4. The van der Waals surface area contributed by atoms with E-state index in [0.29, 0.717) is 17.4 Å². The van der Waals surface area contributed by atoms with Crippen LogP contribution in [-0.4, -0.2) is 23.6 Å². The second-order valence-corrected chi connectivity index (χ2v) is 4.69. The van der Waals surface area contributed by atoms with Crippen molar-refractivity contribution >= 4 is 11.5 Å². The molecule has 1 saturated carbocycles. The van der Waals surface area contributed by atoms with Gasteiger partial charge in [-0.3, -0.25) is 0 Å². The molecule has 0 spiro atoms. The van der Waals surface area contributed by atoms with Gasteiger partial charge in [0, 0.05) is 6.54 Å². The minimum atomic E-state index is 0.432. The molecule has 2 atom stereocenters. The Balaban J connectivity index is 1.99. The molecule has 5 nitrogen and oxygen atoms in total. The molecule has 5 heteroatoms. The van der Waals surface area contributed by atoms with Crippen molar-refractivity contribution in [2.24, 2.45) is 11.8 Å². The highest BCUT2D eigenvalue weighted by Crippen LogP contribution is 2.32. The van der Waals surface area contributed by atoms with Crippen LogP contribution in [0.15, 0.2) is 6.33 Å². The number of nitrogen functional groups attached to an aromatic ring is 1. The molecule has 3 N–H and O–H groups in total. The monoisotopic (exact) mass is 236 g/mol. The van der Waals surface area contributed by atoms with Gasteiger partial charge in [-0.15, -0.1) is 0 Å². The molecule has 0 aliphatic heterocycles. The number of nitrogens with one attached hydrogen (secondary N) is 1. The highest BCUT2D eigenvalue weighted by atomic mass is 16.5. The van der Waals surface area contributed by atoms with Crippen LogP contribution in [0.1, 0.15) is 26.2 Å². The lowest BCUT2D eigenvalue weighted by molar-refractivity contribution is 0.399. The van der Waals surface area contributed by atoms with E-state index in [1.807, 2.05) is 0 Å². The Hall–Kier alpha value is -1.52. The summed E-state index contributed by atoms with van der Waals surface area (Å²) in [6.45, 7) is 3.23. The zero-order valence-corrected chi connectivity index (χ0v) is 10.4. The molecular formula is C12H20N4O. The Bertz CT molecular complexity index is 383. The van der Waals surface area contributed by atoms with Gasteiger partial charge in [-0.25, -0.2) is 4.98 Å². The molecule has 1 aromatic rings. The Labute approximate surface area is 102 Å². The molecule has 1 aliphatic rings. The van der Waals surface area contributed by atoms with E-state index in [1.54, 1.807) is 7.11 Å². The number of ether oxygens (including phenoxy) is 1. The van der Waals surface area contributed by atoms with E-state index in [2.05, 4.69) is 22.2 Å². The van der Waals surface area contributed by atoms with Crippen LogP contribution in [0.2, 0.25) is 0 Å². The Morgan fingerprint density at radius 3 is 2.94 bits per heavy atom. The predicted molar refractivity (Wildman–Crippen MR) is 68.0 cm³/mol. The number of hydrogen-bond donors (Lipinski definition) is 2. The quantitative estimate of drug-likeness (QED) is 0.835.